The first-order valence-electron chi connectivity index (χ1n) is 3.56. The minimum atomic E-state index is -3.61. The summed E-state index contributed by atoms with van der Waals surface area (Å²) in [7, 11) is -0.667. The Hall–Kier alpha value is 1.66. The van der Waals surface area contributed by atoms with Gasteiger partial charge >= 0.3 is 29.6 Å². The van der Waals surface area contributed by atoms with E-state index in [0.717, 1.165) is 0 Å². The summed E-state index contributed by atoms with van der Waals surface area (Å²) in [6, 6.07) is 0. The number of hydrogen-bond acceptors (Lipinski definition) is 0. The van der Waals surface area contributed by atoms with Crippen LogP contribution in [0.1, 0.15) is 29.1 Å². The first kappa shape index (κ1) is 16.1. The SMILES string of the molecule is CC(C)S(C(C)C)=P(O)(O)O.[H-].[Na+]. The fourth-order valence-corrected chi connectivity index (χ4v) is 6.72. The van der Waals surface area contributed by atoms with E-state index in [9.17, 15) is 0 Å². The van der Waals surface area contributed by atoms with Gasteiger partial charge in [-0.3, -0.25) is 0 Å². The van der Waals surface area contributed by atoms with Gasteiger partial charge in [-0.15, -0.1) is 10.1 Å². The van der Waals surface area contributed by atoms with E-state index in [4.69, 9.17) is 14.7 Å². The van der Waals surface area contributed by atoms with Crippen LogP contribution in [-0.4, -0.2) is 25.2 Å². The molecule has 0 aromatic heterocycles. The molecular weight excluding hydrogens is 206 g/mol. The first-order chi connectivity index (χ1) is 4.76. The summed E-state index contributed by atoms with van der Waals surface area (Å²) in [6.45, 7) is 3.95. The van der Waals surface area contributed by atoms with Crippen molar-refractivity contribution in [2.24, 2.45) is 0 Å². The molecule has 0 aliphatic heterocycles. The van der Waals surface area contributed by atoms with E-state index in [1.807, 2.05) is 27.7 Å². The van der Waals surface area contributed by atoms with Gasteiger partial charge in [-0.2, -0.15) is 0 Å². The predicted molar refractivity (Wildman–Crippen MR) is 52.3 cm³/mol. The number of hydrogen-bond donors (Lipinski definition) is 3. The van der Waals surface area contributed by atoms with Crippen molar-refractivity contribution in [1.29, 1.82) is 0 Å². The average Bonchev–Trinajstić information content (AvgIpc) is 1.54. The van der Waals surface area contributed by atoms with E-state index >= 15 is 0 Å². The second kappa shape index (κ2) is 6.20. The number of rotatable bonds is 2. The molecule has 0 aliphatic carbocycles. The van der Waals surface area contributed by atoms with Gasteiger partial charge in [-0.25, -0.2) is 0 Å². The van der Waals surface area contributed by atoms with Crippen molar-refractivity contribution in [3.8, 4) is 0 Å². The van der Waals surface area contributed by atoms with Crippen LogP contribution in [0.5, 0.6) is 0 Å². The van der Waals surface area contributed by atoms with E-state index in [1.165, 1.54) is 0 Å². The summed E-state index contributed by atoms with van der Waals surface area (Å²) in [4.78, 5) is 27.2. The zero-order chi connectivity index (χ0) is 9.23. The summed E-state index contributed by atoms with van der Waals surface area (Å²) < 4.78 is 0. The molecule has 3 N–H and O–H groups in total. The Balaban J connectivity index is -0.000000500. The van der Waals surface area contributed by atoms with Crippen LogP contribution in [0.2, 0.25) is 0 Å². The second-order valence-corrected chi connectivity index (χ2v) is 9.30. The van der Waals surface area contributed by atoms with E-state index in [-0.39, 0.29) is 41.5 Å². The summed E-state index contributed by atoms with van der Waals surface area (Å²) in [5.74, 6) is 0. The molecule has 0 bridgehead atoms. The molecule has 0 aromatic carbocycles. The third kappa shape index (κ3) is 5.40. The van der Waals surface area contributed by atoms with Crippen LogP contribution >= 0.6 is 6.72 Å². The van der Waals surface area contributed by atoms with E-state index in [2.05, 4.69) is 0 Å². The first-order valence-corrected chi connectivity index (χ1v) is 7.17. The molecule has 6 heteroatoms. The molecule has 0 aliphatic rings. The van der Waals surface area contributed by atoms with Gasteiger partial charge in [0, 0.05) is 10.5 Å². The van der Waals surface area contributed by atoms with Gasteiger partial charge < -0.3 is 16.1 Å². The molecule has 0 radical (unpaired) electrons. The van der Waals surface area contributed by atoms with Crippen molar-refractivity contribution < 1.29 is 45.7 Å². The van der Waals surface area contributed by atoms with Crippen molar-refractivity contribution in [2.45, 2.75) is 38.2 Å². The van der Waals surface area contributed by atoms with Crippen molar-refractivity contribution in [3.63, 3.8) is 0 Å². The van der Waals surface area contributed by atoms with Gasteiger partial charge in [0.25, 0.3) is 6.72 Å². The third-order valence-electron chi connectivity index (χ3n) is 1.25. The maximum atomic E-state index is 9.05. The minimum Gasteiger partial charge on any atom is -1.00 e. The van der Waals surface area contributed by atoms with Crippen molar-refractivity contribution in [1.82, 2.24) is 0 Å². The summed E-state index contributed by atoms with van der Waals surface area (Å²) >= 11 is 0. The summed E-state index contributed by atoms with van der Waals surface area (Å²) in [5, 5.41) is 0.256. The van der Waals surface area contributed by atoms with Gasteiger partial charge in [0.05, 0.1) is 0 Å². The molecule has 0 aromatic rings. The molecule has 0 fully saturated rings. The molecular formula is C6H18NaO3PS. The average molecular weight is 224 g/mol. The standard InChI is InChI=1S/C6H17O3PS.Na.H/c1-5(2)11(6(3)4)10(7,8)9;;/h5-9H,1-4H3;;/q;+1;-1. The zero-order valence-corrected chi connectivity index (χ0v) is 12.1. The van der Waals surface area contributed by atoms with E-state index in [0.29, 0.717) is 0 Å². The fourth-order valence-electron chi connectivity index (χ4n) is 1.11. The largest absolute Gasteiger partial charge is 1.00 e. The Morgan fingerprint density at radius 1 is 1.00 bits per heavy atom. The molecule has 0 saturated heterocycles. The molecule has 12 heavy (non-hydrogen) atoms. The Labute approximate surface area is 100 Å². The van der Waals surface area contributed by atoms with Crippen LogP contribution in [-0.2, 0) is 10.1 Å². The Bertz CT molecular complexity index is 174. The Kier molecular flexibility index (Phi) is 8.32. The molecule has 0 unspecified atom stereocenters. The van der Waals surface area contributed by atoms with Gasteiger partial charge in [0.2, 0.25) is 0 Å². The molecule has 0 spiro atoms. The third-order valence-corrected chi connectivity index (χ3v) is 7.97. The zero-order valence-electron chi connectivity index (χ0n) is 9.35. The normalized spacial score (nSPS) is 12.5. The van der Waals surface area contributed by atoms with Crippen molar-refractivity contribution in [3.05, 3.63) is 0 Å². The summed E-state index contributed by atoms with van der Waals surface area (Å²) in [5.41, 5.74) is 0. The molecule has 0 saturated carbocycles. The van der Waals surface area contributed by atoms with Gasteiger partial charge in [0.1, 0.15) is 0 Å². The maximum Gasteiger partial charge on any atom is 1.00 e. The van der Waals surface area contributed by atoms with E-state index < -0.39 is 16.8 Å². The monoisotopic (exact) mass is 224 g/mol. The fraction of sp³-hybridized carbons (Fsp3) is 1.00. The molecule has 3 nitrogen and oxygen atoms in total. The Morgan fingerprint density at radius 2 is 1.25 bits per heavy atom. The van der Waals surface area contributed by atoms with Crippen molar-refractivity contribution >= 4 is 16.8 Å². The minimum absolute atomic E-state index is 0. The van der Waals surface area contributed by atoms with Gasteiger partial charge in [-0.05, 0) is 0 Å². The molecule has 0 heterocycles. The van der Waals surface area contributed by atoms with Crippen LogP contribution in [0.25, 0.3) is 0 Å². The quantitative estimate of drug-likeness (QED) is 0.383. The van der Waals surface area contributed by atoms with Crippen LogP contribution in [0.4, 0.5) is 0 Å². The van der Waals surface area contributed by atoms with Gasteiger partial charge in [0.15, 0.2) is 0 Å². The van der Waals surface area contributed by atoms with E-state index in [1.54, 1.807) is 0 Å². The predicted octanol–water partition coefficient (Wildman–Crippen LogP) is -1.81. The Morgan fingerprint density at radius 3 is 1.25 bits per heavy atom. The van der Waals surface area contributed by atoms with Crippen LogP contribution in [0.15, 0.2) is 0 Å². The summed E-state index contributed by atoms with van der Waals surface area (Å²) in [6.07, 6.45) is 0. The van der Waals surface area contributed by atoms with Crippen molar-refractivity contribution in [2.75, 3.05) is 0 Å². The van der Waals surface area contributed by atoms with Gasteiger partial charge in [-0.1, -0.05) is 27.7 Å². The van der Waals surface area contributed by atoms with Crippen LogP contribution in [0.3, 0.4) is 0 Å². The van der Waals surface area contributed by atoms with Crippen LogP contribution < -0.4 is 29.6 Å². The smallest absolute Gasteiger partial charge is 1.00 e. The second-order valence-electron chi connectivity index (χ2n) is 2.96. The molecule has 0 rings (SSSR count). The topological polar surface area (TPSA) is 60.7 Å². The maximum absolute atomic E-state index is 9.05. The van der Waals surface area contributed by atoms with Crippen LogP contribution in [0, 0.1) is 0 Å². The molecule has 0 atom stereocenters. The molecule has 72 valence electrons. The molecule has 0 amide bonds.